The highest BCUT2D eigenvalue weighted by atomic mass is 16.7. The van der Waals surface area contributed by atoms with Gasteiger partial charge in [0.05, 0.1) is 12.6 Å². The molecule has 1 saturated heterocycles. The summed E-state index contributed by atoms with van der Waals surface area (Å²) in [5, 5.41) is 8.84. The normalized spacial score (nSPS) is 21.4. The third-order valence-electron chi connectivity index (χ3n) is 7.15. The smallest absolute Gasteiger partial charge is 0.251 e. The molecule has 1 aliphatic carbocycles. The second kappa shape index (κ2) is 10.6. The zero-order chi connectivity index (χ0) is 25.1. The highest BCUT2D eigenvalue weighted by Crippen LogP contribution is 2.33. The van der Waals surface area contributed by atoms with E-state index in [1.54, 1.807) is 30.3 Å². The van der Waals surface area contributed by atoms with E-state index >= 15 is 0 Å². The van der Waals surface area contributed by atoms with Crippen LogP contribution >= 0.6 is 0 Å². The number of carbonyl (C=O) groups excluding carboxylic acids is 3. The molecule has 3 amide bonds. The van der Waals surface area contributed by atoms with Crippen LogP contribution in [0.4, 0.5) is 0 Å². The maximum atomic E-state index is 12.6. The molecule has 0 unspecified atom stereocenters. The van der Waals surface area contributed by atoms with Crippen LogP contribution in [0.3, 0.4) is 0 Å². The summed E-state index contributed by atoms with van der Waals surface area (Å²) in [6, 6.07) is 13.3. The molecule has 2 fully saturated rings. The summed E-state index contributed by atoms with van der Waals surface area (Å²) < 4.78 is 10.7. The summed E-state index contributed by atoms with van der Waals surface area (Å²) in [4.78, 5) is 39.5. The molecule has 0 bridgehead atoms. The molecule has 0 atom stereocenters. The number of hydrogen-bond acceptors (Lipinski definition) is 6. The van der Waals surface area contributed by atoms with E-state index < -0.39 is 0 Å². The predicted molar refractivity (Wildman–Crippen MR) is 133 cm³/mol. The van der Waals surface area contributed by atoms with Crippen molar-refractivity contribution < 1.29 is 23.9 Å². The number of benzene rings is 2. The number of ether oxygens (including phenoxy) is 2. The minimum absolute atomic E-state index is 0.0303. The molecule has 2 aliphatic heterocycles. The van der Waals surface area contributed by atoms with E-state index in [-0.39, 0.29) is 43.1 Å². The van der Waals surface area contributed by atoms with E-state index in [0.29, 0.717) is 28.7 Å². The molecule has 36 heavy (non-hydrogen) atoms. The summed E-state index contributed by atoms with van der Waals surface area (Å²) >= 11 is 0. The number of fused-ring (bicyclic) bond motifs is 1. The Morgan fingerprint density at radius 2 is 1.61 bits per heavy atom. The number of aryl methyl sites for hydroxylation is 1. The van der Waals surface area contributed by atoms with E-state index in [2.05, 4.69) is 20.9 Å². The highest BCUT2D eigenvalue weighted by molar-refractivity contribution is 5.96. The Morgan fingerprint density at radius 1 is 0.861 bits per heavy atom. The fraction of sp³-hybridized carbons (Fsp3) is 0.444. The van der Waals surface area contributed by atoms with E-state index in [1.807, 2.05) is 19.1 Å². The van der Waals surface area contributed by atoms with Gasteiger partial charge >= 0.3 is 0 Å². The first-order valence-corrected chi connectivity index (χ1v) is 12.5. The SMILES string of the molecule is Cc1cccc(C(=O)NCC(=O)NC2CN(C3CCC(NC(=O)c4ccc5c(c4)OCO5)CC3)C2)c1. The largest absolute Gasteiger partial charge is 0.454 e. The van der Waals surface area contributed by atoms with Crippen molar-refractivity contribution in [3.05, 3.63) is 59.2 Å². The fourth-order valence-electron chi connectivity index (χ4n) is 5.12. The van der Waals surface area contributed by atoms with Gasteiger partial charge in [-0.25, -0.2) is 0 Å². The van der Waals surface area contributed by atoms with Crippen LogP contribution in [0.15, 0.2) is 42.5 Å². The Balaban J connectivity index is 0.985. The predicted octanol–water partition coefficient (Wildman–Crippen LogP) is 2.00. The van der Waals surface area contributed by atoms with Crippen LogP contribution in [-0.2, 0) is 4.79 Å². The lowest BCUT2D eigenvalue weighted by atomic mass is 9.88. The number of amides is 3. The first-order valence-electron chi connectivity index (χ1n) is 12.5. The van der Waals surface area contributed by atoms with Gasteiger partial charge in [0.25, 0.3) is 11.8 Å². The lowest BCUT2D eigenvalue weighted by Gasteiger charge is -2.46. The van der Waals surface area contributed by atoms with Crippen LogP contribution in [0.25, 0.3) is 0 Å². The zero-order valence-electron chi connectivity index (χ0n) is 20.4. The van der Waals surface area contributed by atoms with Crippen molar-refractivity contribution in [3.8, 4) is 11.5 Å². The van der Waals surface area contributed by atoms with Crippen LogP contribution in [-0.4, -0.2) is 67.2 Å². The summed E-state index contributed by atoms with van der Waals surface area (Å²) in [5.74, 6) is 0.780. The molecule has 9 heteroatoms. The molecule has 1 saturated carbocycles. The van der Waals surface area contributed by atoms with Gasteiger partial charge in [0.1, 0.15) is 0 Å². The number of hydrogen-bond donors (Lipinski definition) is 3. The molecular formula is C27H32N4O5. The average Bonchev–Trinajstić information content (AvgIpc) is 3.33. The van der Waals surface area contributed by atoms with Gasteiger partial charge in [0.2, 0.25) is 12.7 Å². The van der Waals surface area contributed by atoms with Crippen LogP contribution in [0.5, 0.6) is 11.5 Å². The molecule has 3 aliphatic rings. The molecule has 0 aromatic heterocycles. The van der Waals surface area contributed by atoms with E-state index in [9.17, 15) is 14.4 Å². The van der Waals surface area contributed by atoms with Crippen molar-refractivity contribution in [1.82, 2.24) is 20.9 Å². The lowest BCUT2D eigenvalue weighted by Crippen LogP contribution is -2.63. The fourth-order valence-corrected chi connectivity index (χ4v) is 5.12. The Labute approximate surface area is 210 Å². The molecule has 5 rings (SSSR count). The Morgan fingerprint density at radius 3 is 2.39 bits per heavy atom. The van der Waals surface area contributed by atoms with Crippen LogP contribution in [0.1, 0.15) is 52.0 Å². The van der Waals surface area contributed by atoms with Gasteiger partial charge in [-0.05, 0) is 62.9 Å². The molecular weight excluding hydrogens is 460 g/mol. The molecule has 2 aromatic carbocycles. The zero-order valence-corrected chi connectivity index (χ0v) is 20.4. The summed E-state index contributed by atoms with van der Waals surface area (Å²) in [6.07, 6.45) is 3.89. The summed E-state index contributed by atoms with van der Waals surface area (Å²) in [5.41, 5.74) is 2.14. The second-order valence-corrected chi connectivity index (χ2v) is 9.82. The van der Waals surface area contributed by atoms with Crippen LogP contribution in [0, 0.1) is 6.92 Å². The number of likely N-dealkylation sites (tertiary alicyclic amines) is 1. The van der Waals surface area contributed by atoms with Crippen molar-refractivity contribution in [1.29, 1.82) is 0 Å². The molecule has 2 aromatic rings. The van der Waals surface area contributed by atoms with Crippen molar-refractivity contribution >= 4 is 17.7 Å². The van der Waals surface area contributed by atoms with E-state index in [1.165, 1.54) is 0 Å². The summed E-state index contributed by atoms with van der Waals surface area (Å²) in [6.45, 7) is 3.72. The molecule has 9 nitrogen and oxygen atoms in total. The Bertz CT molecular complexity index is 1140. The highest BCUT2D eigenvalue weighted by Gasteiger charge is 2.35. The number of carbonyl (C=O) groups is 3. The maximum Gasteiger partial charge on any atom is 0.251 e. The maximum absolute atomic E-state index is 12.6. The second-order valence-electron chi connectivity index (χ2n) is 9.82. The number of rotatable bonds is 7. The van der Waals surface area contributed by atoms with Gasteiger partial charge in [0, 0.05) is 36.3 Å². The minimum Gasteiger partial charge on any atom is -0.454 e. The van der Waals surface area contributed by atoms with Crippen LogP contribution in [0.2, 0.25) is 0 Å². The quantitative estimate of drug-likeness (QED) is 0.546. The Hall–Kier alpha value is -3.59. The third-order valence-corrected chi connectivity index (χ3v) is 7.15. The summed E-state index contributed by atoms with van der Waals surface area (Å²) in [7, 11) is 0. The van der Waals surface area contributed by atoms with E-state index in [4.69, 9.17) is 9.47 Å². The third kappa shape index (κ3) is 5.62. The lowest BCUT2D eigenvalue weighted by molar-refractivity contribution is -0.122. The standard InChI is InChI=1S/C27H32N4O5/c1-17-3-2-4-18(11-17)26(33)28-13-25(32)29-21-14-31(15-21)22-8-6-20(7-9-22)30-27(34)19-5-10-23-24(12-19)36-16-35-23/h2-5,10-12,20-22H,6-9,13-16H2,1H3,(H,28,33)(H,29,32)(H,30,34). The van der Waals surface area contributed by atoms with Gasteiger partial charge in [0.15, 0.2) is 11.5 Å². The topological polar surface area (TPSA) is 109 Å². The number of nitrogens with one attached hydrogen (secondary N) is 3. The average molecular weight is 493 g/mol. The first kappa shape index (κ1) is 24.1. The molecule has 2 heterocycles. The van der Waals surface area contributed by atoms with Crippen LogP contribution < -0.4 is 25.4 Å². The van der Waals surface area contributed by atoms with Crippen molar-refractivity contribution in [3.63, 3.8) is 0 Å². The minimum atomic E-state index is -0.244. The molecule has 3 N–H and O–H groups in total. The molecule has 0 spiro atoms. The van der Waals surface area contributed by atoms with Gasteiger partial charge in [-0.2, -0.15) is 0 Å². The molecule has 0 radical (unpaired) electrons. The Kier molecular flexibility index (Phi) is 7.09. The monoisotopic (exact) mass is 492 g/mol. The molecule has 190 valence electrons. The van der Waals surface area contributed by atoms with Crippen molar-refractivity contribution in [2.45, 2.75) is 50.7 Å². The van der Waals surface area contributed by atoms with E-state index in [0.717, 1.165) is 44.3 Å². The van der Waals surface area contributed by atoms with Gasteiger partial charge in [-0.3, -0.25) is 19.3 Å². The van der Waals surface area contributed by atoms with Crippen molar-refractivity contribution in [2.24, 2.45) is 0 Å². The first-order chi connectivity index (χ1) is 17.4. The van der Waals surface area contributed by atoms with Crippen molar-refractivity contribution in [2.75, 3.05) is 26.4 Å². The van der Waals surface area contributed by atoms with Gasteiger partial charge < -0.3 is 25.4 Å². The number of nitrogens with zero attached hydrogens (tertiary/aromatic N) is 1. The van der Waals surface area contributed by atoms with Gasteiger partial charge in [-0.15, -0.1) is 0 Å². The van der Waals surface area contributed by atoms with Gasteiger partial charge in [-0.1, -0.05) is 17.7 Å².